The topological polar surface area (TPSA) is 68.7 Å². The molecule has 0 radical (unpaired) electrons. The molecule has 7 heteroatoms. The van der Waals surface area contributed by atoms with Gasteiger partial charge in [0.05, 0.1) is 37.2 Å². The van der Waals surface area contributed by atoms with Gasteiger partial charge >= 0.3 is 0 Å². The van der Waals surface area contributed by atoms with Crippen molar-refractivity contribution >= 4 is 10.0 Å². The van der Waals surface area contributed by atoms with Crippen LogP contribution in [0, 0.1) is 0 Å². The Labute approximate surface area is 137 Å². The highest BCUT2D eigenvalue weighted by atomic mass is 32.2. The van der Waals surface area contributed by atoms with Crippen molar-refractivity contribution in [2.45, 2.75) is 51.0 Å². The van der Waals surface area contributed by atoms with Gasteiger partial charge in [0.15, 0.2) is 0 Å². The van der Waals surface area contributed by atoms with Crippen LogP contribution in [0.2, 0.25) is 0 Å². The summed E-state index contributed by atoms with van der Waals surface area (Å²) in [6.45, 7) is 3.34. The summed E-state index contributed by atoms with van der Waals surface area (Å²) in [6.07, 6.45) is 6.07. The molecule has 3 heterocycles. The highest BCUT2D eigenvalue weighted by Crippen LogP contribution is 2.33. The largest absolute Gasteiger partial charge is 0.374 e. The van der Waals surface area contributed by atoms with Crippen LogP contribution in [0.4, 0.5) is 0 Å². The molecule has 2 fully saturated rings. The minimum atomic E-state index is -3.12. The van der Waals surface area contributed by atoms with Crippen molar-refractivity contribution in [3.63, 3.8) is 0 Å². The third-order valence-corrected chi connectivity index (χ3v) is 6.50. The van der Waals surface area contributed by atoms with Crippen molar-refractivity contribution in [3.05, 3.63) is 30.1 Å². The monoisotopic (exact) mass is 340 g/mol. The fourth-order valence-electron chi connectivity index (χ4n) is 3.38. The van der Waals surface area contributed by atoms with Crippen molar-refractivity contribution in [3.8, 4) is 0 Å². The Morgan fingerprint density at radius 2 is 2.26 bits per heavy atom. The van der Waals surface area contributed by atoms with Gasteiger partial charge in [-0.05, 0) is 37.8 Å². The number of aromatic nitrogens is 1. The van der Waals surface area contributed by atoms with Gasteiger partial charge in [0.1, 0.15) is 0 Å². The van der Waals surface area contributed by atoms with Crippen LogP contribution in [0.15, 0.2) is 24.5 Å². The molecule has 1 aromatic rings. The van der Waals surface area contributed by atoms with Crippen molar-refractivity contribution < 1.29 is 17.9 Å². The van der Waals surface area contributed by atoms with E-state index >= 15 is 0 Å². The molecule has 3 rings (SSSR count). The van der Waals surface area contributed by atoms with E-state index in [9.17, 15) is 8.42 Å². The molecule has 2 aliphatic rings. The SMILES string of the molecule is CCS(=O)(=O)N1CC[C@@H]2O[C@@H](COCc3cccnc3)CC[C@@H]21. The van der Waals surface area contributed by atoms with E-state index in [1.807, 2.05) is 12.1 Å². The van der Waals surface area contributed by atoms with Crippen molar-refractivity contribution in [2.24, 2.45) is 0 Å². The Kier molecular flexibility index (Phi) is 5.31. The summed E-state index contributed by atoms with van der Waals surface area (Å²) < 4.78 is 37.7. The fraction of sp³-hybridized carbons (Fsp3) is 0.688. The van der Waals surface area contributed by atoms with E-state index in [1.54, 1.807) is 23.6 Å². The smallest absolute Gasteiger partial charge is 0.214 e. The molecule has 3 atom stereocenters. The zero-order chi connectivity index (χ0) is 16.3. The highest BCUT2D eigenvalue weighted by Gasteiger charge is 2.44. The molecule has 0 amide bonds. The first-order valence-electron chi connectivity index (χ1n) is 8.22. The van der Waals surface area contributed by atoms with Crippen LogP contribution in [0.25, 0.3) is 0 Å². The lowest BCUT2D eigenvalue weighted by Crippen LogP contribution is -2.46. The molecule has 2 aliphatic heterocycles. The predicted molar refractivity (Wildman–Crippen MR) is 86.4 cm³/mol. The molecule has 0 saturated carbocycles. The molecule has 6 nitrogen and oxygen atoms in total. The maximum atomic E-state index is 12.1. The van der Waals surface area contributed by atoms with Gasteiger partial charge in [0.2, 0.25) is 10.0 Å². The summed E-state index contributed by atoms with van der Waals surface area (Å²) in [5, 5.41) is 0. The number of rotatable bonds is 6. The lowest BCUT2D eigenvalue weighted by atomic mass is 10.0. The fourth-order valence-corrected chi connectivity index (χ4v) is 4.75. The van der Waals surface area contributed by atoms with E-state index in [0.717, 1.165) is 24.8 Å². The molecule has 0 bridgehead atoms. The summed E-state index contributed by atoms with van der Waals surface area (Å²) >= 11 is 0. The van der Waals surface area contributed by atoms with Crippen LogP contribution in [0.1, 0.15) is 31.7 Å². The quantitative estimate of drug-likeness (QED) is 0.786. The second-order valence-electron chi connectivity index (χ2n) is 6.12. The third-order valence-electron chi connectivity index (χ3n) is 4.60. The maximum Gasteiger partial charge on any atom is 0.214 e. The zero-order valence-corrected chi connectivity index (χ0v) is 14.2. The van der Waals surface area contributed by atoms with Gasteiger partial charge in [-0.15, -0.1) is 0 Å². The first kappa shape index (κ1) is 16.8. The predicted octanol–water partition coefficient (Wildman–Crippen LogP) is 1.57. The third kappa shape index (κ3) is 3.91. The molecule has 23 heavy (non-hydrogen) atoms. The maximum absolute atomic E-state index is 12.1. The molecule has 0 spiro atoms. The normalized spacial score (nSPS) is 28.7. The lowest BCUT2D eigenvalue weighted by molar-refractivity contribution is -0.0961. The first-order chi connectivity index (χ1) is 11.1. The molecular weight excluding hydrogens is 316 g/mol. The van der Waals surface area contributed by atoms with E-state index < -0.39 is 10.0 Å². The second-order valence-corrected chi connectivity index (χ2v) is 8.33. The molecule has 0 unspecified atom stereocenters. The minimum absolute atomic E-state index is 0.00882. The van der Waals surface area contributed by atoms with E-state index in [4.69, 9.17) is 9.47 Å². The summed E-state index contributed by atoms with van der Waals surface area (Å²) in [6, 6.07) is 3.88. The summed E-state index contributed by atoms with van der Waals surface area (Å²) in [5.41, 5.74) is 1.04. The number of sulfonamides is 1. The molecule has 128 valence electrons. The Morgan fingerprint density at radius 3 is 3.00 bits per heavy atom. The molecule has 0 aromatic carbocycles. The number of pyridine rings is 1. The van der Waals surface area contributed by atoms with Crippen molar-refractivity contribution in [1.29, 1.82) is 0 Å². The molecule has 1 aromatic heterocycles. The van der Waals surface area contributed by atoms with Crippen molar-refractivity contribution in [2.75, 3.05) is 18.9 Å². The number of hydrogen-bond donors (Lipinski definition) is 0. The standard InChI is InChI=1S/C16H24N2O4S/c1-2-23(19,20)18-9-7-16-15(18)6-5-14(22-16)12-21-11-13-4-3-8-17-10-13/h3-4,8,10,14-16H,2,5-7,9,11-12H2,1H3/t14-,15+,16+/m1/s1. The highest BCUT2D eigenvalue weighted by molar-refractivity contribution is 7.89. The van der Waals surface area contributed by atoms with E-state index in [0.29, 0.717) is 19.8 Å². The van der Waals surface area contributed by atoms with Crippen LogP contribution in [0.5, 0.6) is 0 Å². The van der Waals surface area contributed by atoms with Gasteiger partial charge in [-0.1, -0.05) is 6.07 Å². The summed E-state index contributed by atoms with van der Waals surface area (Å²) in [4.78, 5) is 4.06. The summed E-state index contributed by atoms with van der Waals surface area (Å²) in [7, 11) is -3.12. The number of nitrogens with zero attached hydrogens (tertiary/aromatic N) is 2. The van der Waals surface area contributed by atoms with Gasteiger partial charge in [-0.2, -0.15) is 4.31 Å². The van der Waals surface area contributed by atoms with Crippen LogP contribution in [-0.4, -0.2) is 54.9 Å². The Balaban J connectivity index is 1.48. The summed E-state index contributed by atoms with van der Waals surface area (Å²) in [5.74, 6) is 0.161. The molecule has 0 aliphatic carbocycles. The molecule has 2 saturated heterocycles. The molecular formula is C16H24N2O4S. The Bertz CT molecular complexity index is 608. The van der Waals surface area contributed by atoms with Crippen LogP contribution in [0.3, 0.4) is 0 Å². The number of ether oxygens (including phenoxy) is 2. The minimum Gasteiger partial charge on any atom is -0.374 e. The van der Waals surface area contributed by atoms with Gasteiger partial charge in [0.25, 0.3) is 0 Å². The lowest BCUT2D eigenvalue weighted by Gasteiger charge is -2.35. The average molecular weight is 340 g/mol. The zero-order valence-electron chi connectivity index (χ0n) is 13.4. The van der Waals surface area contributed by atoms with Gasteiger partial charge < -0.3 is 9.47 Å². The number of fused-ring (bicyclic) bond motifs is 1. The Hall–Kier alpha value is -1.02. The molecule has 0 N–H and O–H groups in total. The van der Waals surface area contributed by atoms with Gasteiger partial charge in [-0.25, -0.2) is 8.42 Å². The number of hydrogen-bond acceptors (Lipinski definition) is 5. The van der Waals surface area contributed by atoms with E-state index in [1.165, 1.54) is 0 Å². The Morgan fingerprint density at radius 1 is 1.39 bits per heavy atom. The van der Waals surface area contributed by atoms with Crippen LogP contribution in [-0.2, 0) is 26.1 Å². The second kappa shape index (κ2) is 7.25. The van der Waals surface area contributed by atoms with E-state index in [2.05, 4.69) is 4.98 Å². The van der Waals surface area contributed by atoms with Gasteiger partial charge in [-0.3, -0.25) is 4.98 Å². The van der Waals surface area contributed by atoms with Crippen LogP contribution >= 0.6 is 0 Å². The van der Waals surface area contributed by atoms with Gasteiger partial charge in [0, 0.05) is 18.9 Å². The van der Waals surface area contributed by atoms with Crippen molar-refractivity contribution in [1.82, 2.24) is 9.29 Å². The average Bonchev–Trinajstić information content (AvgIpc) is 3.00. The van der Waals surface area contributed by atoms with Crippen LogP contribution < -0.4 is 0 Å². The van der Waals surface area contributed by atoms with E-state index in [-0.39, 0.29) is 24.0 Å². The first-order valence-corrected chi connectivity index (χ1v) is 9.82.